The smallest absolute Gasteiger partial charge is 0.0805 e. The highest BCUT2D eigenvalue weighted by Crippen LogP contribution is 2.08. The van der Waals surface area contributed by atoms with Crippen LogP contribution in [-0.2, 0) is 0 Å². The molecule has 0 unspecified atom stereocenters. The lowest BCUT2D eigenvalue weighted by atomic mass is 10.1. The summed E-state index contributed by atoms with van der Waals surface area (Å²) in [4.78, 5) is 8.25. The summed E-state index contributed by atoms with van der Waals surface area (Å²) in [6.45, 7) is 11.7. The van der Waals surface area contributed by atoms with Crippen LogP contribution in [0.15, 0.2) is 0 Å². The lowest BCUT2D eigenvalue weighted by Crippen LogP contribution is -2.44. The van der Waals surface area contributed by atoms with Crippen molar-refractivity contribution in [3.05, 3.63) is 15.3 Å². The molecule has 0 aromatic heterocycles. The third-order valence-corrected chi connectivity index (χ3v) is 1.72. The standard InChI is InChI=1S/C10H24N.NO3/c1-9(2)7-11(5,6)8-10(3)4;2-1(3)4/h9-10H,7-8H2,1-6H3;/q+1;-1. The van der Waals surface area contributed by atoms with Crippen LogP contribution in [0.5, 0.6) is 0 Å². The summed E-state index contributed by atoms with van der Waals surface area (Å²) >= 11 is 0. The number of quaternary nitrogens is 1. The largest absolute Gasteiger partial charge is 0.356 e. The van der Waals surface area contributed by atoms with E-state index >= 15 is 0 Å². The number of hydrogen-bond donors (Lipinski definition) is 0. The predicted octanol–water partition coefficient (Wildman–Crippen LogP) is 2.14. The van der Waals surface area contributed by atoms with E-state index in [1.807, 2.05) is 0 Å². The zero-order valence-electron chi connectivity index (χ0n) is 10.7. The molecule has 0 aromatic carbocycles. The van der Waals surface area contributed by atoms with Crippen molar-refractivity contribution in [3.63, 3.8) is 0 Å². The Balaban J connectivity index is 0. The third-order valence-electron chi connectivity index (χ3n) is 1.72. The molecule has 0 aliphatic heterocycles. The molecule has 0 N–H and O–H groups in total. The molecule has 0 heterocycles. The summed E-state index contributed by atoms with van der Waals surface area (Å²) in [5.41, 5.74) is 0. The Hall–Kier alpha value is -0.840. The van der Waals surface area contributed by atoms with Gasteiger partial charge in [-0.05, 0) is 0 Å². The molecule has 15 heavy (non-hydrogen) atoms. The summed E-state index contributed by atoms with van der Waals surface area (Å²) in [5.74, 6) is 1.62. The van der Waals surface area contributed by atoms with Crippen molar-refractivity contribution in [2.75, 3.05) is 27.2 Å². The predicted molar refractivity (Wildman–Crippen MR) is 61.9 cm³/mol. The van der Waals surface area contributed by atoms with Gasteiger partial charge in [0.25, 0.3) is 0 Å². The van der Waals surface area contributed by atoms with Crippen molar-refractivity contribution in [2.24, 2.45) is 11.8 Å². The summed E-state index contributed by atoms with van der Waals surface area (Å²) in [6, 6.07) is 0. The minimum absolute atomic E-state index is 0.809. The van der Waals surface area contributed by atoms with E-state index in [4.69, 9.17) is 15.3 Å². The van der Waals surface area contributed by atoms with Gasteiger partial charge in [0.05, 0.1) is 32.3 Å². The first kappa shape index (κ1) is 16.6. The second kappa shape index (κ2) is 7.45. The van der Waals surface area contributed by atoms with Crippen LogP contribution >= 0.6 is 0 Å². The van der Waals surface area contributed by atoms with Crippen LogP contribution in [0.4, 0.5) is 0 Å². The van der Waals surface area contributed by atoms with Crippen molar-refractivity contribution >= 4 is 0 Å². The van der Waals surface area contributed by atoms with Crippen molar-refractivity contribution in [1.82, 2.24) is 0 Å². The van der Waals surface area contributed by atoms with Gasteiger partial charge in [-0.2, -0.15) is 0 Å². The van der Waals surface area contributed by atoms with Gasteiger partial charge < -0.3 is 19.8 Å². The van der Waals surface area contributed by atoms with E-state index in [1.54, 1.807) is 0 Å². The molecule has 5 heteroatoms. The zero-order chi connectivity index (χ0) is 12.6. The Morgan fingerprint density at radius 1 is 1.00 bits per heavy atom. The van der Waals surface area contributed by atoms with Crippen LogP contribution in [0.2, 0.25) is 0 Å². The SMILES string of the molecule is CC(C)C[N+](C)(C)CC(C)C.O=[N+]([O-])[O-]. The van der Waals surface area contributed by atoms with Gasteiger partial charge in [0, 0.05) is 11.8 Å². The van der Waals surface area contributed by atoms with Gasteiger partial charge in [-0.1, -0.05) is 27.7 Å². The fraction of sp³-hybridized carbons (Fsp3) is 1.00. The van der Waals surface area contributed by atoms with Crippen LogP contribution in [0.1, 0.15) is 27.7 Å². The van der Waals surface area contributed by atoms with Crippen LogP contribution in [0.25, 0.3) is 0 Å². The van der Waals surface area contributed by atoms with Gasteiger partial charge in [0.15, 0.2) is 0 Å². The maximum atomic E-state index is 8.25. The number of hydrogen-bond acceptors (Lipinski definition) is 3. The summed E-state index contributed by atoms with van der Waals surface area (Å²) in [5, 5.41) is 14.8. The van der Waals surface area contributed by atoms with E-state index in [1.165, 1.54) is 13.1 Å². The van der Waals surface area contributed by atoms with Gasteiger partial charge in [-0.3, -0.25) is 0 Å². The summed E-state index contributed by atoms with van der Waals surface area (Å²) in [7, 11) is 4.64. The molecule has 0 spiro atoms. The average Bonchev–Trinajstić information content (AvgIpc) is 1.75. The second-order valence-electron chi connectivity index (χ2n) is 5.31. The van der Waals surface area contributed by atoms with E-state index in [-0.39, 0.29) is 0 Å². The fourth-order valence-corrected chi connectivity index (χ4v) is 2.05. The van der Waals surface area contributed by atoms with Crippen LogP contribution in [0, 0.1) is 27.2 Å². The van der Waals surface area contributed by atoms with Crippen LogP contribution < -0.4 is 0 Å². The van der Waals surface area contributed by atoms with Crippen molar-refractivity contribution in [1.29, 1.82) is 0 Å². The zero-order valence-corrected chi connectivity index (χ0v) is 10.7. The van der Waals surface area contributed by atoms with Gasteiger partial charge in [0.2, 0.25) is 0 Å². The fourth-order valence-electron chi connectivity index (χ4n) is 2.05. The van der Waals surface area contributed by atoms with Gasteiger partial charge in [-0.15, -0.1) is 0 Å². The monoisotopic (exact) mass is 220 g/mol. The van der Waals surface area contributed by atoms with Crippen LogP contribution in [-0.4, -0.2) is 36.8 Å². The first-order chi connectivity index (χ1) is 6.57. The Morgan fingerprint density at radius 2 is 1.20 bits per heavy atom. The van der Waals surface area contributed by atoms with E-state index in [0.29, 0.717) is 0 Å². The normalized spacial score (nSPS) is 11.2. The summed E-state index contributed by atoms with van der Waals surface area (Å²) < 4.78 is 1.16. The topological polar surface area (TPSA) is 66.2 Å². The van der Waals surface area contributed by atoms with Crippen molar-refractivity contribution in [2.45, 2.75) is 27.7 Å². The number of rotatable bonds is 4. The lowest BCUT2D eigenvalue weighted by molar-refractivity contribution is -0.896. The number of nitrogens with zero attached hydrogens (tertiary/aromatic N) is 2. The molecule has 0 saturated heterocycles. The maximum Gasteiger partial charge on any atom is 0.0805 e. The van der Waals surface area contributed by atoms with Gasteiger partial charge >= 0.3 is 0 Å². The third kappa shape index (κ3) is 19.5. The first-order valence-electron chi connectivity index (χ1n) is 5.20. The Bertz CT molecular complexity index is 164. The molecule has 0 fully saturated rings. The first-order valence-corrected chi connectivity index (χ1v) is 5.20. The molecular formula is C10H24N2O3. The lowest BCUT2D eigenvalue weighted by Gasteiger charge is -2.33. The van der Waals surface area contributed by atoms with Gasteiger partial charge in [0.1, 0.15) is 0 Å². The maximum absolute atomic E-state index is 8.25. The van der Waals surface area contributed by atoms with Crippen molar-refractivity contribution in [3.8, 4) is 0 Å². The Kier molecular flexibility index (Phi) is 8.24. The molecular weight excluding hydrogens is 196 g/mol. The molecule has 0 aromatic rings. The van der Waals surface area contributed by atoms with E-state index < -0.39 is 5.09 Å². The van der Waals surface area contributed by atoms with Crippen LogP contribution in [0.3, 0.4) is 0 Å². The highest BCUT2D eigenvalue weighted by molar-refractivity contribution is 4.45. The molecule has 0 saturated carbocycles. The molecule has 0 rings (SSSR count). The Morgan fingerprint density at radius 3 is 1.33 bits per heavy atom. The molecule has 0 radical (unpaired) electrons. The second-order valence-corrected chi connectivity index (χ2v) is 5.31. The minimum atomic E-state index is -1.75. The molecule has 0 amide bonds. The van der Waals surface area contributed by atoms with E-state index in [9.17, 15) is 0 Å². The quantitative estimate of drug-likeness (QED) is 0.414. The molecule has 0 aliphatic carbocycles. The summed E-state index contributed by atoms with van der Waals surface area (Å²) in [6.07, 6.45) is 0. The molecule has 0 atom stereocenters. The molecule has 92 valence electrons. The van der Waals surface area contributed by atoms with Gasteiger partial charge in [-0.25, -0.2) is 0 Å². The molecule has 0 bridgehead atoms. The Labute approximate surface area is 92.4 Å². The minimum Gasteiger partial charge on any atom is -0.356 e. The highest BCUT2D eigenvalue weighted by Gasteiger charge is 2.17. The average molecular weight is 220 g/mol. The van der Waals surface area contributed by atoms with Crippen molar-refractivity contribution < 1.29 is 9.57 Å². The molecule has 0 aliphatic rings. The molecule has 5 nitrogen and oxygen atoms in total. The van der Waals surface area contributed by atoms with E-state index in [0.717, 1.165) is 16.3 Å². The van der Waals surface area contributed by atoms with E-state index in [2.05, 4.69) is 41.8 Å². The highest BCUT2D eigenvalue weighted by atomic mass is 16.9.